The summed E-state index contributed by atoms with van der Waals surface area (Å²) in [4.78, 5) is 33.8. The van der Waals surface area contributed by atoms with E-state index in [0.29, 0.717) is 37.4 Å². The van der Waals surface area contributed by atoms with Crippen LogP contribution < -0.4 is 9.64 Å². The Bertz CT molecular complexity index is 1150. The molecule has 32 heavy (non-hydrogen) atoms. The van der Waals surface area contributed by atoms with E-state index in [4.69, 9.17) is 4.74 Å². The Labute approximate surface area is 187 Å². The highest BCUT2D eigenvalue weighted by Gasteiger charge is 2.28. The molecule has 2 amide bonds. The van der Waals surface area contributed by atoms with Crippen LogP contribution in [0.15, 0.2) is 67.0 Å². The molecular weight excluding hydrogens is 402 g/mol. The third-order valence-corrected chi connectivity index (χ3v) is 6.14. The Hall–Kier alpha value is -3.67. The normalized spacial score (nSPS) is 15.2. The van der Waals surface area contributed by atoms with E-state index >= 15 is 0 Å². The second-order valence-electron chi connectivity index (χ2n) is 8.19. The number of para-hydroxylation sites is 1. The first kappa shape index (κ1) is 20.2. The van der Waals surface area contributed by atoms with Gasteiger partial charge in [-0.05, 0) is 54.7 Å². The molecule has 6 nitrogen and oxygen atoms in total. The lowest BCUT2D eigenvalue weighted by molar-refractivity contribution is -0.120. The van der Waals surface area contributed by atoms with Crippen LogP contribution in [0.3, 0.4) is 0 Å². The van der Waals surface area contributed by atoms with Crippen LogP contribution in [0.2, 0.25) is 0 Å². The molecule has 3 heterocycles. The number of rotatable bonds is 5. The van der Waals surface area contributed by atoms with Gasteiger partial charge in [0.25, 0.3) is 11.8 Å². The number of carbonyl (C=O) groups is 2. The van der Waals surface area contributed by atoms with Gasteiger partial charge < -0.3 is 14.5 Å². The lowest BCUT2D eigenvalue weighted by Crippen LogP contribution is -2.39. The van der Waals surface area contributed by atoms with Gasteiger partial charge in [-0.25, -0.2) is 0 Å². The van der Waals surface area contributed by atoms with Crippen molar-refractivity contribution in [2.24, 2.45) is 0 Å². The first-order chi connectivity index (χ1) is 15.7. The fourth-order valence-electron chi connectivity index (χ4n) is 4.55. The Morgan fingerprint density at radius 3 is 2.78 bits per heavy atom. The number of aromatic nitrogens is 1. The van der Waals surface area contributed by atoms with Gasteiger partial charge in [-0.3, -0.25) is 14.6 Å². The summed E-state index contributed by atoms with van der Waals surface area (Å²) in [6, 6.07) is 17.4. The predicted octanol–water partition coefficient (Wildman–Crippen LogP) is 3.64. The van der Waals surface area contributed by atoms with Crippen molar-refractivity contribution in [3.8, 4) is 5.75 Å². The van der Waals surface area contributed by atoms with E-state index in [1.54, 1.807) is 12.4 Å². The molecule has 3 aromatic rings. The minimum Gasteiger partial charge on any atom is -0.483 e. The van der Waals surface area contributed by atoms with Crippen molar-refractivity contribution in [3.05, 3.63) is 89.2 Å². The van der Waals surface area contributed by atoms with E-state index in [2.05, 4.69) is 11.1 Å². The van der Waals surface area contributed by atoms with Crippen molar-refractivity contribution in [2.45, 2.75) is 25.8 Å². The number of aryl methyl sites for hydroxylation is 1. The first-order valence-corrected chi connectivity index (χ1v) is 11.0. The molecule has 0 unspecified atom stereocenters. The molecular formula is C26H25N3O3. The van der Waals surface area contributed by atoms with Gasteiger partial charge in [0, 0.05) is 48.8 Å². The minimum absolute atomic E-state index is 0.0168. The van der Waals surface area contributed by atoms with Gasteiger partial charge in [-0.2, -0.15) is 0 Å². The third kappa shape index (κ3) is 3.96. The number of pyridine rings is 1. The van der Waals surface area contributed by atoms with Gasteiger partial charge >= 0.3 is 0 Å². The van der Waals surface area contributed by atoms with Gasteiger partial charge in [-0.15, -0.1) is 0 Å². The fraction of sp³-hybridized carbons (Fsp3) is 0.269. The zero-order valence-electron chi connectivity index (χ0n) is 17.9. The van der Waals surface area contributed by atoms with E-state index in [9.17, 15) is 9.59 Å². The maximum atomic E-state index is 13.1. The van der Waals surface area contributed by atoms with Crippen LogP contribution in [-0.2, 0) is 24.2 Å². The highest BCUT2D eigenvalue weighted by atomic mass is 16.5. The van der Waals surface area contributed by atoms with E-state index in [1.165, 1.54) is 5.56 Å². The van der Waals surface area contributed by atoms with Gasteiger partial charge in [0.2, 0.25) is 0 Å². The summed E-state index contributed by atoms with van der Waals surface area (Å²) in [7, 11) is 0. The molecule has 0 bridgehead atoms. The molecule has 0 fully saturated rings. The van der Waals surface area contributed by atoms with Crippen LogP contribution in [0, 0.1) is 0 Å². The van der Waals surface area contributed by atoms with Gasteiger partial charge in [0.1, 0.15) is 5.75 Å². The molecule has 1 aromatic heterocycles. The molecule has 0 saturated heterocycles. The molecule has 0 spiro atoms. The Morgan fingerprint density at radius 1 is 1.00 bits per heavy atom. The van der Waals surface area contributed by atoms with E-state index < -0.39 is 0 Å². The van der Waals surface area contributed by atoms with Crippen molar-refractivity contribution in [2.75, 3.05) is 24.6 Å². The lowest BCUT2D eigenvalue weighted by atomic mass is 9.97. The molecule has 162 valence electrons. The van der Waals surface area contributed by atoms with Gasteiger partial charge in [0.15, 0.2) is 6.61 Å². The van der Waals surface area contributed by atoms with Crippen molar-refractivity contribution in [1.82, 2.24) is 9.88 Å². The van der Waals surface area contributed by atoms with E-state index in [1.807, 2.05) is 58.3 Å². The number of anilines is 1. The topological polar surface area (TPSA) is 62.7 Å². The van der Waals surface area contributed by atoms with Gasteiger partial charge in [-0.1, -0.05) is 30.3 Å². The second-order valence-corrected chi connectivity index (χ2v) is 8.19. The second kappa shape index (κ2) is 8.83. The zero-order valence-corrected chi connectivity index (χ0v) is 17.9. The number of hydrogen-bond acceptors (Lipinski definition) is 4. The summed E-state index contributed by atoms with van der Waals surface area (Å²) >= 11 is 0. The Balaban J connectivity index is 1.29. The maximum absolute atomic E-state index is 13.1. The lowest BCUT2D eigenvalue weighted by Gasteiger charge is -2.31. The van der Waals surface area contributed by atoms with Gasteiger partial charge in [0.05, 0.1) is 0 Å². The maximum Gasteiger partial charge on any atom is 0.264 e. The number of fused-ring (bicyclic) bond motifs is 2. The number of nitrogens with zero attached hydrogens (tertiary/aromatic N) is 3. The molecule has 2 aliphatic rings. The van der Waals surface area contributed by atoms with Crippen LogP contribution in [0.4, 0.5) is 5.69 Å². The summed E-state index contributed by atoms with van der Waals surface area (Å²) in [6.45, 7) is 1.80. The highest BCUT2D eigenvalue weighted by Crippen LogP contribution is 2.30. The van der Waals surface area contributed by atoms with E-state index in [0.717, 1.165) is 29.7 Å². The van der Waals surface area contributed by atoms with Crippen LogP contribution in [0.5, 0.6) is 5.75 Å². The van der Waals surface area contributed by atoms with Crippen molar-refractivity contribution < 1.29 is 14.3 Å². The van der Waals surface area contributed by atoms with Crippen LogP contribution in [0.25, 0.3) is 0 Å². The monoisotopic (exact) mass is 427 g/mol. The average Bonchev–Trinajstić information content (AvgIpc) is 2.84. The Kier molecular flexibility index (Phi) is 5.58. The highest BCUT2D eigenvalue weighted by molar-refractivity contribution is 5.98. The number of hydrogen-bond donors (Lipinski definition) is 0. The summed E-state index contributed by atoms with van der Waals surface area (Å²) in [6.07, 6.45) is 6.14. The largest absolute Gasteiger partial charge is 0.483 e. The zero-order chi connectivity index (χ0) is 21.9. The quantitative estimate of drug-likeness (QED) is 0.624. The molecule has 6 heteroatoms. The number of benzene rings is 2. The van der Waals surface area contributed by atoms with Crippen LogP contribution >= 0.6 is 0 Å². The molecule has 0 aliphatic carbocycles. The van der Waals surface area contributed by atoms with Crippen molar-refractivity contribution in [3.63, 3.8) is 0 Å². The molecule has 2 aromatic carbocycles. The molecule has 0 atom stereocenters. The average molecular weight is 428 g/mol. The molecule has 2 aliphatic heterocycles. The molecule has 5 rings (SSSR count). The predicted molar refractivity (Wildman–Crippen MR) is 122 cm³/mol. The molecule has 0 N–H and O–H groups in total. The number of amides is 2. The Morgan fingerprint density at radius 2 is 1.91 bits per heavy atom. The summed E-state index contributed by atoms with van der Waals surface area (Å²) in [5.41, 5.74) is 4.71. The standard InChI is InChI=1S/C26H25N3O3/c30-25(29-14-5-8-20-7-1-2-10-23(20)29)18-32-24-11-3-9-22-21(24)12-15-28(26(22)31)17-19-6-4-13-27-16-19/h1-4,6-7,9-11,13,16H,5,8,12,14-15,17-18H2. The number of carbonyl (C=O) groups excluding carboxylic acids is 2. The first-order valence-electron chi connectivity index (χ1n) is 11.0. The smallest absolute Gasteiger partial charge is 0.264 e. The summed E-state index contributed by atoms with van der Waals surface area (Å²) in [5.74, 6) is 0.544. The van der Waals surface area contributed by atoms with Crippen molar-refractivity contribution in [1.29, 1.82) is 0 Å². The third-order valence-electron chi connectivity index (χ3n) is 6.14. The summed E-state index contributed by atoms with van der Waals surface area (Å²) < 4.78 is 5.96. The minimum atomic E-state index is -0.0601. The van der Waals surface area contributed by atoms with E-state index in [-0.39, 0.29) is 18.4 Å². The van der Waals surface area contributed by atoms with Crippen molar-refractivity contribution >= 4 is 17.5 Å². The van der Waals surface area contributed by atoms with Crippen LogP contribution in [-0.4, -0.2) is 41.4 Å². The number of ether oxygens (including phenoxy) is 1. The molecule has 0 radical (unpaired) electrons. The summed E-state index contributed by atoms with van der Waals surface area (Å²) in [5, 5.41) is 0. The SMILES string of the molecule is O=C1c2cccc(OCC(=O)N3CCCc4ccccc43)c2CCN1Cc1cccnc1. The van der Waals surface area contributed by atoms with Crippen LogP contribution in [0.1, 0.15) is 33.5 Å². The fourth-order valence-corrected chi connectivity index (χ4v) is 4.55. The molecule has 0 saturated carbocycles.